The van der Waals surface area contributed by atoms with Gasteiger partial charge in [0.05, 0.1) is 0 Å². The summed E-state index contributed by atoms with van der Waals surface area (Å²) in [7, 11) is 0. The lowest BCUT2D eigenvalue weighted by Gasteiger charge is -2.17. The van der Waals surface area contributed by atoms with Gasteiger partial charge in [-0.25, -0.2) is 9.97 Å². The molecular formula is C13H24N4. The molecular weight excluding hydrogens is 212 g/mol. The molecule has 1 heterocycles. The summed E-state index contributed by atoms with van der Waals surface area (Å²) in [5.74, 6) is 0.934. The molecule has 0 saturated carbocycles. The lowest BCUT2D eigenvalue weighted by atomic mass is 10.1. The van der Waals surface area contributed by atoms with Crippen molar-refractivity contribution < 1.29 is 0 Å². The van der Waals surface area contributed by atoms with Crippen LogP contribution in [0.15, 0.2) is 0 Å². The normalized spacial score (nSPS) is 11.2. The van der Waals surface area contributed by atoms with Crippen molar-refractivity contribution in [1.29, 1.82) is 0 Å². The fraction of sp³-hybridized carbons (Fsp3) is 0.692. The number of nitrogens with zero attached hydrogens (tertiary/aromatic N) is 3. The molecule has 0 aliphatic carbocycles. The van der Waals surface area contributed by atoms with E-state index in [1.54, 1.807) is 0 Å². The number of aromatic nitrogens is 2. The smallest absolute Gasteiger partial charge is 0.130 e. The van der Waals surface area contributed by atoms with E-state index in [-0.39, 0.29) is 0 Å². The number of aryl methyl sites for hydroxylation is 2. The van der Waals surface area contributed by atoms with Gasteiger partial charge in [0.2, 0.25) is 0 Å². The van der Waals surface area contributed by atoms with Crippen molar-refractivity contribution in [3.8, 4) is 0 Å². The van der Waals surface area contributed by atoms with Crippen molar-refractivity contribution in [2.45, 2.75) is 40.7 Å². The number of hydrogen-bond donors (Lipinski definition) is 1. The minimum absolute atomic E-state index is 0.522. The van der Waals surface area contributed by atoms with E-state index in [4.69, 9.17) is 5.73 Å². The lowest BCUT2D eigenvalue weighted by Crippen LogP contribution is -2.26. The Balaban J connectivity index is 2.73. The van der Waals surface area contributed by atoms with Crippen LogP contribution < -0.4 is 5.73 Å². The molecule has 0 amide bonds. The van der Waals surface area contributed by atoms with Crippen LogP contribution in [0.4, 0.5) is 0 Å². The van der Waals surface area contributed by atoms with E-state index < -0.39 is 0 Å². The van der Waals surface area contributed by atoms with Crippen LogP contribution in [0.3, 0.4) is 0 Å². The Labute approximate surface area is 104 Å². The van der Waals surface area contributed by atoms with Gasteiger partial charge < -0.3 is 10.6 Å². The molecule has 0 saturated heterocycles. The van der Waals surface area contributed by atoms with Gasteiger partial charge in [-0.15, -0.1) is 0 Å². The molecule has 0 fully saturated rings. The maximum atomic E-state index is 5.68. The Morgan fingerprint density at radius 2 is 1.59 bits per heavy atom. The van der Waals surface area contributed by atoms with E-state index in [1.807, 2.05) is 13.8 Å². The Morgan fingerprint density at radius 1 is 1.06 bits per heavy atom. The van der Waals surface area contributed by atoms with Gasteiger partial charge in [-0.05, 0) is 26.9 Å². The van der Waals surface area contributed by atoms with Crippen LogP contribution in [0.1, 0.15) is 36.6 Å². The molecule has 17 heavy (non-hydrogen) atoms. The first kappa shape index (κ1) is 14.1. The predicted molar refractivity (Wildman–Crippen MR) is 70.9 cm³/mol. The number of nitrogens with two attached hydrogens (primary N) is 1. The van der Waals surface area contributed by atoms with E-state index in [1.165, 1.54) is 0 Å². The average Bonchev–Trinajstić information content (AvgIpc) is 2.30. The summed E-state index contributed by atoms with van der Waals surface area (Å²) in [6.45, 7) is 12.1. The summed E-state index contributed by atoms with van der Waals surface area (Å²) in [5.41, 5.74) is 8.80. The fourth-order valence-electron chi connectivity index (χ4n) is 2.01. The maximum Gasteiger partial charge on any atom is 0.130 e. The third kappa shape index (κ3) is 3.75. The Morgan fingerprint density at radius 3 is 2.00 bits per heavy atom. The second-order valence-corrected chi connectivity index (χ2v) is 4.27. The molecule has 0 aromatic carbocycles. The zero-order valence-electron chi connectivity index (χ0n) is 11.5. The minimum atomic E-state index is 0.522. The summed E-state index contributed by atoms with van der Waals surface area (Å²) < 4.78 is 0. The van der Waals surface area contributed by atoms with Gasteiger partial charge >= 0.3 is 0 Å². The molecule has 1 aromatic rings. The molecule has 96 valence electrons. The molecule has 2 N–H and O–H groups in total. The summed E-state index contributed by atoms with van der Waals surface area (Å²) >= 11 is 0. The van der Waals surface area contributed by atoms with Gasteiger partial charge in [0.1, 0.15) is 5.82 Å². The van der Waals surface area contributed by atoms with Crippen LogP contribution in [-0.4, -0.2) is 34.5 Å². The monoisotopic (exact) mass is 236 g/mol. The van der Waals surface area contributed by atoms with Crippen LogP contribution in [-0.2, 0) is 13.0 Å². The summed E-state index contributed by atoms with van der Waals surface area (Å²) in [4.78, 5) is 11.4. The standard InChI is InChI=1S/C13H24N4/c1-5-17(6-2)8-7-13-15-10(3)12(9-14)11(4)16-13/h5-9,14H2,1-4H3. The topological polar surface area (TPSA) is 55.0 Å². The zero-order chi connectivity index (χ0) is 12.8. The Bertz CT molecular complexity index is 335. The van der Waals surface area contributed by atoms with E-state index in [9.17, 15) is 0 Å². The quantitative estimate of drug-likeness (QED) is 0.812. The molecule has 0 spiro atoms. The molecule has 4 heteroatoms. The molecule has 0 bridgehead atoms. The highest BCUT2D eigenvalue weighted by Gasteiger charge is 2.08. The van der Waals surface area contributed by atoms with Gasteiger partial charge in [0, 0.05) is 36.5 Å². The van der Waals surface area contributed by atoms with Crippen molar-refractivity contribution in [3.63, 3.8) is 0 Å². The zero-order valence-corrected chi connectivity index (χ0v) is 11.5. The fourth-order valence-corrected chi connectivity index (χ4v) is 2.01. The largest absolute Gasteiger partial charge is 0.326 e. The predicted octanol–water partition coefficient (Wildman–Crippen LogP) is 1.44. The van der Waals surface area contributed by atoms with E-state index in [2.05, 4.69) is 28.7 Å². The number of likely N-dealkylation sites (N-methyl/N-ethyl adjacent to an activating group) is 1. The molecule has 0 aliphatic heterocycles. The van der Waals surface area contributed by atoms with Crippen molar-refractivity contribution in [2.24, 2.45) is 5.73 Å². The van der Waals surface area contributed by atoms with Crippen molar-refractivity contribution >= 4 is 0 Å². The Hall–Kier alpha value is -1.00. The average molecular weight is 236 g/mol. The van der Waals surface area contributed by atoms with Crippen LogP contribution in [0.25, 0.3) is 0 Å². The molecule has 0 atom stereocenters. The molecule has 4 nitrogen and oxygen atoms in total. The molecule has 0 unspecified atom stereocenters. The van der Waals surface area contributed by atoms with Gasteiger partial charge in [0.25, 0.3) is 0 Å². The van der Waals surface area contributed by atoms with Gasteiger partial charge in [0.15, 0.2) is 0 Å². The van der Waals surface area contributed by atoms with Gasteiger partial charge in [-0.2, -0.15) is 0 Å². The molecule has 1 rings (SSSR count). The second kappa shape index (κ2) is 6.67. The van der Waals surface area contributed by atoms with Crippen molar-refractivity contribution in [1.82, 2.24) is 14.9 Å². The lowest BCUT2D eigenvalue weighted by molar-refractivity contribution is 0.305. The van der Waals surface area contributed by atoms with Crippen LogP contribution in [0, 0.1) is 13.8 Å². The third-order valence-corrected chi connectivity index (χ3v) is 3.22. The van der Waals surface area contributed by atoms with Crippen molar-refractivity contribution in [3.05, 3.63) is 22.8 Å². The number of rotatable bonds is 6. The molecule has 1 aromatic heterocycles. The first-order chi connectivity index (χ1) is 8.12. The minimum Gasteiger partial charge on any atom is -0.326 e. The third-order valence-electron chi connectivity index (χ3n) is 3.22. The maximum absolute atomic E-state index is 5.68. The first-order valence-electron chi connectivity index (χ1n) is 6.37. The summed E-state index contributed by atoms with van der Waals surface area (Å²) in [6.07, 6.45) is 0.911. The van der Waals surface area contributed by atoms with E-state index in [0.29, 0.717) is 6.54 Å². The second-order valence-electron chi connectivity index (χ2n) is 4.27. The van der Waals surface area contributed by atoms with Crippen LogP contribution in [0.5, 0.6) is 0 Å². The molecule has 0 aliphatic rings. The molecule has 0 radical (unpaired) electrons. The van der Waals surface area contributed by atoms with Crippen LogP contribution in [0.2, 0.25) is 0 Å². The summed E-state index contributed by atoms with van der Waals surface area (Å²) in [5, 5.41) is 0. The van der Waals surface area contributed by atoms with E-state index >= 15 is 0 Å². The first-order valence-corrected chi connectivity index (χ1v) is 6.37. The summed E-state index contributed by atoms with van der Waals surface area (Å²) in [6, 6.07) is 0. The van der Waals surface area contributed by atoms with Crippen molar-refractivity contribution in [2.75, 3.05) is 19.6 Å². The SMILES string of the molecule is CCN(CC)CCc1nc(C)c(CN)c(C)n1. The van der Waals surface area contributed by atoms with Crippen LogP contribution >= 0.6 is 0 Å². The Kier molecular flexibility index (Phi) is 5.51. The van der Waals surface area contributed by atoms with Gasteiger partial charge in [-0.1, -0.05) is 13.8 Å². The highest BCUT2D eigenvalue weighted by Crippen LogP contribution is 2.09. The van der Waals surface area contributed by atoms with Gasteiger partial charge in [-0.3, -0.25) is 0 Å². The highest BCUT2D eigenvalue weighted by atomic mass is 15.1. The van der Waals surface area contributed by atoms with E-state index in [0.717, 1.165) is 48.8 Å². The highest BCUT2D eigenvalue weighted by molar-refractivity contribution is 5.23. The number of hydrogen-bond acceptors (Lipinski definition) is 4.